The van der Waals surface area contributed by atoms with Crippen molar-refractivity contribution in [1.82, 2.24) is 0 Å². The van der Waals surface area contributed by atoms with Gasteiger partial charge in [-0.05, 0) is 28.8 Å². The number of hydrogen-bond donors (Lipinski definition) is 0. The van der Waals surface area contributed by atoms with Crippen LogP contribution in [-0.4, -0.2) is 13.1 Å². The maximum absolute atomic E-state index is 12.3. The summed E-state index contributed by atoms with van der Waals surface area (Å²) in [5, 5.41) is 0.704. The number of benzene rings is 3. The molecule has 5 nitrogen and oxygen atoms in total. The number of methoxy groups -OCH3 is 1. The molecule has 0 amide bonds. The van der Waals surface area contributed by atoms with Gasteiger partial charge in [-0.25, -0.2) is 4.79 Å². The summed E-state index contributed by atoms with van der Waals surface area (Å²) < 4.78 is 15.8. The van der Waals surface area contributed by atoms with E-state index in [1.807, 2.05) is 54.6 Å². The molecule has 30 heavy (non-hydrogen) atoms. The van der Waals surface area contributed by atoms with E-state index in [0.29, 0.717) is 22.3 Å². The van der Waals surface area contributed by atoms with E-state index in [9.17, 15) is 9.59 Å². The van der Waals surface area contributed by atoms with Crippen molar-refractivity contribution < 1.29 is 18.7 Å². The maximum Gasteiger partial charge on any atom is 0.336 e. The fraction of sp³-hybridized carbons (Fsp3) is 0.120. The van der Waals surface area contributed by atoms with Gasteiger partial charge in [0, 0.05) is 23.1 Å². The third-order valence-electron chi connectivity index (χ3n) is 4.84. The molecule has 0 bridgehead atoms. The first-order chi connectivity index (χ1) is 14.6. The van der Waals surface area contributed by atoms with E-state index in [1.165, 1.54) is 13.2 Å². The largest absolute Gasteiger partial charge is 0.497 e. The Morgan fingerprint density at radius 1 is 0.900 bits per heavy atom. The molecule has 0 aliphatic heterocycles. The number of carbonyl (C=O) groups excluding carboxylic acids is 1. The Bertz CT molecular complexity index is 1220. The first-order valence-electron chi connectivity index (χ1n) is 9.53. The van der Waals surface area contributed by atoms with Crippen molar-refractivity contribution in [1.29, 1.82) is 0 Å². The van der Waals surface area contributed by atoms with Gasteiger partial charge >= 0.3 is 11.6 Å². The first kappa shape index (κ1) is 19.5. The van der Waals surface area contributed by atoms with Crippen LogP contribution in [0.25, 0.3) is 22.1 Å². The minimum Gasteiger partial charge on any atom is -0.497 e. The summed E-state index contributed by atoms with van der Waals surface area (Å²) in [6.07, 6.45) is 0.155. The Balaban J connectivity index is 1.43. The Morgan fingerprint density at radius 2 is 1.63 bits per heavy atom. The third-order valence-corrected chi connectivity index (χ3v) is 4.84. The zero-order chi connectivity index (χ0) is 20.9. The SMILES string of the molecule is COc1ccc2c(COC(=O)Cc3ccc(-c4ccccc4)cc3)cc(=O)oc2c1. The predicted octanol–water partition coefficient (Wildman–Crippen LogP) is 4.75. The Hall–Kier alpha value is -3.86. The van der Waals surface area contributed by atoms with Crippen LogP contribution < -0.4 is 10.4 Å². The van der Waals surface area contributed by atoms with Crippen LogP contribution in [-0.2, 0) is 22.6 Å². The number of carbonyl (C=O) groups is 1. The number of esters is 1. The molecule has 1 aromatic heterocycles. The van der Waals surface area contributed by atoms with Gasteiger partial charge in [-0.3, -0.25) is 4.79 Å². The predicted molar refractivity (Wildman–Crippen MR) is 114 cm³/mol. The van der Waals surface area contributed by atoms with Crippen molar-refractivity contribution in [3.63, 3.8) is 0 Å². The molecule has 5 heteroatoms. The van der Waals surface area contributed by atoms with Crippen LogP contribution in [0.5, 0.6) is 5.75 Å². The Kier molecular flexibility index (Phi) is 5.61. The van der Waals surface area contributed by atoms with Crippen LogP contribution in [0, 0.1) is 0 Å². The number of fused-ring (bicyclic) bond motifs is 1. The van der Waals surface area contributed by atoms with Gasteiger partial charge in [-0.1, -0.05) is 54.6 Å². The van der Waals surface area contributed by atoms with Gasteiger partial charge in [-0.15, -0.1) is 0 Å². The van der Waals surface area contributed by atoms with Crippen LogP contribution in [0.3, 0.4) is 0 Å². The van der Waals surface area contributed by atoms with Crippen LogP contribution >= 0.6 is 0 Å². The second-order valence-corrected chi connectivity index (χ2v) is 6.85. The molecule has 0 aliphatic rings. The number of ether oxygens (including phenoxy) is 2. The highest BCUT2D eigenvalue weighted by Gasteiger charge is 2.11. The van der Waals surface area contributed by atoms with Crippen LogP contribution in [0.2, 0.25) is 0 Å². The van der Waals surface area contributed by atoms with E-state index in [2.05, 4.69) is 0 Å². The molecular formula is C25H20O5. The molecule has 0 atom stereocenters. The van der Waals surface area contributed by atoms with Crippen molar-refractivity contribution in [2.24, 2.45) is 0 Å². The molecule has 0 radical (unpaired) electrons. The van der Waals surface area contributed by atoms with Gasteiger partial charge in [0.15, 0.2) is 0 Å². The second kappa shape index (κ2) is 8.66. The summed E-state index contributed by atoms with van der Waals surface area (Å²) in [4.78, 5) is 24.2. The van der Waals surface area contributed by atoms with Crippen molar-refractivity contribution in [3.05, 3.63) is 100 Å². The monoisotopic (exact) mass is 400 g/mol. The fourth-order valence-corrected chi connectivity index (χ4v) is 3.28. The molecule has 4 rings (SSSR count). The van der Waals surface area contributed by atoms with E-state index in [0.717, 1.165) is 16.7 Å². The molecule has 0 N–H and O–H groups in total. The highest BCUT2D eigenvalue weighted by molar-refractivity contribution is 5.82. The lowest BCUT2D eigenvalue weighted by atomic mass is 10.0. The third kappa shape index (κ3) is 4.41. The van der Waals surface area contributed by atoms with Gasteiger partial charge in [0.05, 0.1) is 13.5 Å². The topological polar surface area (TPSA) is 65.7 Å². The highest BCUT2D eigenvalue weighted by Crippen LogP contribution is 2.23. The molecule has 1 heterocycles. The summed E-state index contributed by atoms with van der Waals surface area (Å²) >= 11 is 0. The van der Waals surface area contributed by atoms with Crippen molar-refractivity contribution in [2.75, 3.05) is 7.11 Å². The van der Waals surface area contributed by atoms with E-state index in [1.54, 1.807) is 18.2 Å². The summed E-state index contributed by atoms with van der Waals surface area (Å²) in [7, 11) is 1.54. The average molecular weight is 400 g/mol. The molecule has 0 unspecified atom stereocenters. The normalized spacial score (nSPS) is 10.7. The van der Waals surface area contributed by atoms with Gasteiger partial charge < -0.3 is 13.9 Å². The molecule has 0 aliphatic carbocycles. The Labute approximate surface area is 173 Å². The standard InChI is InChI=1S/C25H20O5/c1-28-21-11-12-22-20(14-25(27)30-23(22)15-21)16-29-24(26)13-17-7-9-19(10-8-17)18-5-3-2-4-6-18/h2-12,14-15H,13,16H2,1H3. The molecule has 0 fully saturated rings. The summed E-state index contributed by atoms with van der Waals surface area (Å²) in [5.41, 5.74) is 3.56. The molecule has 0 saturated heterocycles. The lowest BCUT2D eigenvalue weighted by Crippen LogP contribution is -2.10. The van der Waals surface area contributed by atoms with Gasteiger partial charge in [0.25, 0.3) is 0 Å². The zero-order valence-corrected chi connectivity index (χ0v) is 16.5. The van der Waals surface area contributed by atoms with Crippen LogP contribution in [0.4, 0.5) is 0 Å². The maximum atomic E-state index is 12.3. The molecule has 0 saturated carbocycles. The lowest BCUT2D eigenvalue weighted by molar-refractivity contribution is -0.144. The van der Waals surface area contributed by atoms with Crippen molar-refractivity contribution in [2.45, 2.75) is 13.0 Å². The van der Waals surface area contributed by atoms with E-state index < -0.39 is 5.63 Å². The van der Waals surface area contributed by atoms with E-state index in [4.69, 9.17) is 13.9 Å². The Morgan fingerprint density at radius 3 is 2.37 bits per heavy atom. The smallest absolute Gasteiger partial charge is 0.336 e. The lowest BCUT2D eigenvalue weighted by Gasteiger charge is -2.09. The van der Waals surface area contributed by atoms with Crippen molar-refractivity contribution >= 4 is 16.9 Å². The zero-order valence-electron chi connectivity index (χ0n) is 16.5. The fourth-order valence-electron chi connectivity index (χ4n) is 3.28. The summed E-state index contributed by atoms with van der Waals surface area (Å²) in [5.74, 6) is 0.219. The van der Waals surface area contributed by atoms with Gasteiger partial charge in [-0.2, -0.15) is 0 Å². The highest BCUT2D eigenvalue weighted by atomic mass is 16.5. The average Bonchev–Trinajstić information content (AvgIpc) is 2.78. The van der Waals surface area contributed by atoms with E-state index >= 15 is 0 Å². The second-order valence-electron chi connectivity index (χ2n) is 6.85. The minimum atomic E-state index is -0.502. The molecule has 4 aromatic rings. The van der Waals surface area contributed by atoms with Gasteiger partial charge in [0.1, 0.15) is 17.9 Å². The number of hydrogen-bond acceptors (Lipinski definition) is 5. The quantitative estimate of drug-likeness (QED) is 0.345. The van der Waals surface area contributed by atoms with E-state index in [-0.39, 0.29) is 19.0 Å². The molecule has 150 valence electrons. The first-order valence-corrected chi connectivity index (χ1v) is 9.53. The molecule has 0 spiro atoms. The summed E-state index contributed by atoms with van der Waals surface area (Å²) in [6.45, 7) is -0.00460. The minimum absolute atomic E-state index is 0.00460. The molecule has 3 aromatic carbocycles. The summed E-state index contributed by atoms with van der Waals surface area (Å²) in [6, 6.07) is 24.4. The van der Waals surface area contributed by atoms with Gasteiger partial charge in [0.2, 0.25) is 0 Å². The van der Waals surface area contributed by atoms with Crippen LogP contribution in [0.15, 0.2) is 88.1 Å². The van der Waals surface area contributed by atoms with Crippen LogP contribution in [0.1, 0.15) is 11.1 Å². The number of rotatable bonds is 6. The van der Waals surface area contributed by atoms with Crippen molar-refractivity contribution in [3.8, 4) is 16.9 Å². The molecular weight excluding hydrogens is 380 g/mol.